The van der Waals surface area contributed by atoms with E-state index >= 15 is 0 Å². The minimum atomic E-state index is 0.689. The summed E-state index contributed by atoms with van der Waals surface area (Å²) in [5.74, 6) is 1.66. The van der Waals surface area contributed by atoms with Crippen molar-refractivity contribution in [2.45, 2.75) is 12.8 Å². The predicted octanol–water partition coefficient (Wildman–Crippen LogP) is 1.69. The third-order valence-electron chi connectivity index (χ3n) is 2.56. The van der Waals surface area contributed by atoms with E-state index in [0.29, 0.717) is 5.92 Å². The van der Waals surface area contributed by atoms with Crippen LogP contribution in [0.25, 0.3) is 0 Å². The molecule has 1 fully saturated rings. The van der Waals surface area contributed by atoms with Crippen molar-refractivity contribution in [3.05, 3.63) is 29.3 Å². The van der Waals surface area contributed by atoms with Gasteiger partial charge in [0.05, 0.1) is 7.11 Å². The molecule has 1 aliphatic rings. The molecule has 13 heavy (non-hydrogen) atoms. The normalized spacial score (nSPS) is 16.8. The van der Waals surface area contributed by atoms with Crippen LogP contribution in [0.5, 0.6) is 5.75 Å². The average molecular weight is 177 g/mol. The van der Waals surface area contributed by atoms with Gasteiger partial charge in [-0.15, -0.1) is 0 Å². The Hall–Kier alpha value is -1.02. The second kappa shape index (κ2) is 3.38. The van der Waals surface area contributed by atoms with E-state index in [0.717, 1.165) is 18.8 Å². The number of aryl methyl sites for hydroxylation is 1. The number of hydrogen-bond acceptors (Lipinski definition) is 2. The minimum absolute atomic E-state index is 0.689. The summed E-state index contributed by atoms with van der Waals surface area (Å²) < 4.78 is 5.23. The topological polar surface area (TPSA) is 21.3 Å². The highest BCUT2D eigenvalue weighted by Gasteiger charge is 2.19. The summed E-state index contributed by atoms with van der Waals surface area (Å²) in [5.41, 5.74) is 2.68. The fourth-order valence-electron chi connectivity index (χ4n) is 1.65. The molecule has 70 valence electrons. The van der Waals surface area contributed by atoms with Gasteiger partial charge < -0.3 is 10.1 Å². The van der Waals surface area contributed by atoms with Crippen LogP contribution in [0.2, 0.25) is 0 Å². The maximum atomic E-state index is 5.23. The van der Waals surface area contributed by atoms with Crippen molar-refractivity contribution in [3.8, 4) is 5.75 Å². The molecule has 1 aromatic carbocycles. The molecule has 0 unspecified atom stereocenters. The lowest BCUT2D eigenvalue weighted by Gasteiger charge is -2.28. The third-order valence-corrected chi connectivity index (χ3v) is 2.56. The fourth-order valence-corrected chi connectivity index (χ4v) is 1.65. The third kappa shape index (κ3) is 1.68. The zero-order chi connectivity index (χ0) is 9.26. The van der Waals surface area contributed by atoms with Gasteiger partial charge in [0, 0.05) is 19.0 Å². The lowest BCUT2D eigenvalue weighted by molar-refractivity contribution is 0.409. The molecule has 0 atom stereocenters. The molecule has 1 saturated heterocycles. The molecule has 1 aromatic rings. The van der Waals surface area contributed by atoms with Crippen LogP contribution in [0, 0.1) is 6.92 Å². The highest BCUT2D eigenvalue weighted by atomic mass is 16.5. The summed E-state index contributed by atoms with van der Waals surface area (Å²) in [6, 6.07) is 6.45. The SMILES string of the molecule is COc1cc(C)cc(C2CNC2)c1. The zero-order valence-corrected chi connectivity index (χ0v) is 8.13. The number of ether oxygens (including phenoxy) is 1. The Kier molecular flexibility index (Phi) is 2.23. The minimum Gasteiger partial charge on any atom is -0.497 e. The predicted molar refractivity (Wildman–Crippen MR) is 53.3 cm³/mol. The van der Waals surface area contributed by atoms with E-state index in [4.69, 9.17) is 4.74 Å². The molecule has 0 amide bonds. The molecular weight excluding hydrogens is 162 g/mol. The van der Waals surface area contributed by atoms with Crippen molar-refractivity contribution >= 4 is 0 Å². The van der Waals surface area contributed by atoms with Crippen molar-refractivity contribution in [3.63, 3.8) is 0 Å². The first-order valence-electron chi connectivity index (χ1n) is 4.66. The van der Waals surface area contributed by atoms with Crippen molar-refractivity contribution in [2.75, 3.05) is 20.2 Å². The largest absolute Gasteiger partial charge is 0.497 e. The maximum Gasteiger partial charge on any atom is 0.119 e. The average Bonchev–Trinajstić information content (AvgIpc) is 2.00. The van der Waals surface area contributed by atoms with Crippen molar-refractivity contribution in [1.82, 2.24) is 5.32 Å². The van der Waals surface area contributed by atoms with Gasteiger partial charge in [0.15, 0.2) is 0 Å². The quantitative estimate of drug-likeness (QED) is 0.742. The summed E-state index contributed by atoms with van der Waals surface area (Å²) in [4.78, 5) is 0. The molecule has 1 heterocycles. The monoisotopic (exact) mass is 177 g/mol. The highest BCUT2D eigenvalue weighted by molar-refractivity contribution is 5.36. The van der Waals surface area contributed by atoms with Crippen LogP contribution in [0.3, 0.4) is 0 Å². The highest BCUT2D eigenvalue weighted by Crippen LogP contribution is 2.25. The first-order valence-corrected chi connectivity index (χ1v) is 4.66. The van der Waals surface area contributed by atoms with Gasteiger partial charge >= 0.3 is 0 Å². The van der Waals surface area contributed by atoms with Crippen molar-refractivity contribution < 1.29 is 4.74 Å². The van der Waals surface area contributed by atoms with Gasteiger partial charge in [-0.3, -0.25) is 0 Å². The second-order valence-electron chi connectivity index (χ2n) is 3.64. The molecule has 1 N–H and O–H groups in total. The van der Waals surface area contributed by atoms with Gasteiger partial charge in [-0.05, 0) is 30.2 Å². The first kappa shape index (κ1) is 8.57. The number of hydrogen-bond donors (Lipinski definition) is 1. The van der Waals surface area contributed by atoms with Gasteiger partial charge in [0.2, 0.25) is 0 Å². The Morgan fingerprint density at radius 1 is 1.31 bits per heavy atom. The van der Waals surface area contributed by atoms with Crippen LogP contribution < -0.4 is 10.1 Å². The van der Waals surface area contributed by atoms with E-state index in [2.05, 4.69) is 30.4 Å². The summed E-state index contributed by atoms with van der Waals surface area (Å²) in [6.07, 6.45) is 0. The molecule has 0 saturated carbocycles. The van der Waals surface area contributed by atoms with E-state index in [-0.39, 0.29) is 0 Å². The van der Waals surface area contributed by atoms with Crippen LogP contribution in [0.15, 0.2) is 18.2 Å². The van der Waals surface area contributed by atoms with Crippen LogP contribution in [0.1, 0.15) is 17.0 Å². The standard InChI is InChI=1S/C11H15NO/c1-8-3-9(10-6-12-7-10)5-11(4-8)13-2/h3-5,10,12H,6-7H2,1-2H3. The molecular formula is C11H15NO. The van der Waals surface area contributed by atoms with Gasteiger partial charge in [-0.25, -0.2) is 0 Å². The molecule has 2 nitrogen and oxygen atoms in total. The van der Waals surface area contributed by atoms with E-state index in [1.807, 2.05) is 0 Å². The van der Waals surface area contributed by atoms with Gasteiger partial charge in [-0.2, -0.15) is 0 Å². The summed E-state index contributed by atoms with van der Waals surface area (Å²) in [5, 5.41) is 3.28. The smallest absolute Gasteiger partial charge is 0.119 e. The van der Waals surface area contributed by atoms with Crippen molar-refractivity contribution in [2.24, 2.45) is 0 Å². The molecule has 2 heteroatoms. The van der Waals surface area contributed by atoms with Crippen LogP contribution in [-0.2, 0) is 0 Å². The van der Waals surface area contributed by atoms with Crippen molar-refractivity contribution in [1.29, 1.82) is 0 Å². The number of methoxy groups -OCH3 is 1. The summed E-state index contributed by atoms with van der Waals surface area (Å²) in [6.45, 7) is 4.32. The number of rotatable bonds is 2. The Morgan fingerprint density at radius 2 is 2.08 bits per heavy atom. The fraction of sp³-hybridized carbons (Fsp3) is 0.455. The van der Waals surface area contributed by atoms with Crippen LogP contribution in [0.4, 0.5) is 0 Å². The van der Waals surface area contributed by atoms with Crippen LogP contribution >= 0.6 is 0 Å². The molecule has 2 rings (SSSR count). The summed E-state index contributed by atoms with van der Waals surface area (Å²) in [7, 11) is 1.72. The van der Waals surface area contributed by atoms with E-state index in [1.165, 1.54) is 11.1 Å². The Morgan fingerprint density at radius 3 is 2.62 bits per heavy atom. The molecule has 0 spiro atoms. The maximum absolute atomic E-state index is 5.23. The summed E-state index contributed by atoms with van der Waals surface area (Å²) >= 11 is 0. The van der Waals surface area contributed by atoms with E-state index < -0.39 is 0 Å². The van der Waals surface area contributed by atoms with E-state index in [9.17, 15) is 0 Å². The van der Waals surface area contributed by atoms with Gasteiger partial charge in [-0.1, -0.05) is 6.07 Å². The number of benzene rings is 1. The second-order valence-corrected chi connectivity index (χ2v) is 3.64. The molecule has 0 bridgehead atoms. The zero-order valence-electron chi connectivity index (χ0n) is 8.13. The molecule has 0 aromatic heterocycles. The van der Waals surface area contributed by atoms with Crippen LogP contribution in [-0.4, -0.2) is 20.2 Å². The Labute approximate surface area is 78.9 Å². The number of nitrogens with one attached hydrogen (secondary N) is 1. The lowest BCUT2D eigenvalue weighted by atomic mass is 9.92. The van der Waals surface area contributed by atoms with Gasteiger partial charge in [0.25, 0.3) is 0 Å². The molecule has 1 aliphatic heterocycles. The van der Waals surface area contributed by atoms with E-state index in [1.54, 1.807) is 7.11 Å². The molecule has 0 aliphatic carbocycles. The molecule has 0 radical (unpaired) electrons. The van der Waals surface area contributed by atoms with Gasteiger partial charge in [0.1, 0.15) is 5.75 Å². The Bertz CT molecular complexity index is 305. The lowest BCUT2D eigenvalue weighted by Crippen LogP contribution is -2.39. The Balaban J connectivity index is 2.28. The first-order chi connectivity index (χ1) is 6.29.